The fraction of sp³-hybridized carbons (Fsp3) is 0.222. The molecule has 1 aliphatic rings. The molecule has 2 atom stereocenters. The van der Waals surface area contributed by atoms with Gasteiger partial charge in [0.25, 0.3) is 0 Å². The molecule has 3 aromatic rings. The molecule has 0 radical (unpaired) electrons. The van der Waals surface area contributed by atoms with Crippen molar-refractivity contribution in [3.63, 3.8) is 0 Å². The molecular formula is C18H15N3O2S. The summed E-state index contributed by atoms with van der Waals surface area (Å²) in [5, 5.41) is 20.5. The fourth-order valence-corrected chi connectivity index (χ4v) is 4.07. The smallest absolute Gasteiger partial charge is 0.191 e. The third-order valence-electron chi connectivity index (χ3n) is 4.11. The number of benzene rings is 2. The van der Waals surface area contributed by atoms with Gasteiger partial charge in [0.05, 0.1) is 21.8 Å². The van der Waals surface area contributed by atoms with Gasteiger partial charge >= 0.3 is 0 Å². The Morgan fingerprint density at radius 3 is 2.83 bits per heavy atom. The van der Waals surface area contributed by atoms with Crippen LogP contribution in [-0.2, 0) is 4.74 Å². The van der Waals surface area contributed by atoms with Gasteiger partial charge in [-0.25, -0.2) is 4.98 Å². The summed E-state index contributed by atoms with van der Waals surface area (Å²) in [7, 11) is 0. The van der Waals surface area contributed by atoms with E-state index in [1.807, 2.05) is 43.3 Å². The molecule has 4 rings (SSSR count). The first kappa shape index (κ1) is 15.1. The highest BCUT2D eigenvalue weighted by molar-refractivity contribution is 7.22. The zero-order valence-corrected chi connectivity index (χ0v) is 13.8. The maximum absolute atomic E-state index is 10.8. The van der Waals surface area contributed by atoms with E-state index in [0.717, 1.165) is 21.3 Å². The maximum Gasteiger partial charge on any atom is 0.191 e. The van der Waals surface area contributed by atoms with Crippen LogP contribution in [0.2, 0.25) is 0 Å². The van der Waals surface area contributed by atoms with E-state index in [0.29, 0.717) is 17.3 Å². The lowest BCUT2D eigenvalue weighted by Crippen LogP contribution is -2.27. The highest BCUT2D eigenvalue weighted by Crippen LogP contribution is 2.46. The SMILES string of the molecule is CCOC1c2ccccc2C(O)N1c1nc2ccc(C#N)cc2s1. The Morgan fingerprint density at radius 1 is 1.29 bits per heavy atom. The lowest BCUT2D eigenvalue weighted by Gasteiger charge is -2.26. The van der Waals surface area contributed by atoms with Crippen molar-refractivity contribution in [1.82, 2.24) is 4.98 Å². The summed E-state index contributed by atoms with van der Waals surface area (Å²) >= 11 is 1.45. The Morgan fingerprint density at radius 2 is 2.08 bits per heavy atom. The molecule has 0 saturated carbocycles. The molecule has 1 N–H and O–H groups in total. The number of rotatable bonds is 3. The van der Waals surface area contributed by atoms with Crippen molar-refractivity contribution in [1.29, 1.82) is 5.26 Å². The highest BCUT2D eigenvalue weighted by Gasteiger charge is 2.39. The number of aliphatic hydroxyl groups is 1. The standard InChI is InChI=1S/C18H15N3O2S/c1-2-23-17-13-6-4-3-5-12(13)16(22)21(17)18-20-14-8-7-11(10-19)9-15(14)24-18/h3-9,16-17,22H,2H2,1H3. The Balaban J connectivity index is 1.81. The van der Waals surface area contributed by atoms with Gasteiger partial charge in [-0.05, 0) is 25.1 Å². The summed E-state index contributed by atoms with van der Waals surface area (Å²) in [6, 6.07) is 15.3. The van der Waals surface area contributed by atoms with Gasteiger partial charge in [0.1, 0.15) is 0 Å². The minimum absolute atomic E-state index is 0.364. The predicted molar refractivity (Wildman–Crippen MR) is 92.6 cm³/mol. The molecule has 1 aliphatic heterocycles. The van der Waals surface area contributed by atoms with Crippen LogP contribution < -0.4 is 4.90 Å². The van der Waals surface area contributed by atoms with Crippen molar-refractivity contribution in [3.8, 4) is 6.07 Å². The summed E-state index contributed by atoms with van der Waals surface area (Å²) in [4.78, 5) is 6.43. The molecule has 0 amide bonds. The van der Waals surface area contributed by atoms with E-state index in [-0.39, 0.29) is 6.23 Å². The molecular weight excluding hydrogens is 322 g/mol. The molecule has 0 spiro atoms. The van der Waals surface area contributed by atoms with Gasteiger partial charge in [-0.2, -0.15) is 5.26 Å². The van der Waals surface area contributed by atoms with Gasteiger partial charge in [0.15, 0.2) is 17.6 Å². The average Bonchev–Trinajstić information content (AvgIpc) is 3.14. The number of aromatic nitrogens is 1. The average molecular weight is 337 g/mol. The topological polar surface area (TPSA) is 69.4 Å². The second-order valence-corrected chi connectivity index (χ2v) is 6.52. The van der Waals surface area contributed by atoms with E-state index in [2.05, 4.69) is 11.1 Å². The van der Waals surface area contributed by atoms with Gasteiger partial charge in [0, 0.05) is 17.7 Å². The minimum atomic E-state index is -0.797. The van der Waals surface area contributed by atoms with Gasteiger partial charge in [0.2, 0.25) is 0 Å². The monoisotopic (exact) mass is 337 g/mol. The number of hydrogen-bond donors (Lipinski definition) is 1. The number of anilines is 1. The van der Waals surface area contributed by atoms with Crippen LogP contribution in [-0.4, -0.2) is 16.7 Å². The number of thiazole rings is 1. The zero-order chi connectivity index (χ0) is 16.7. The molecule has 0 bridgehead atoms. The van der Waals surface area contributed by atoms with Crippen LogP contribution in [0.15, 0.2) is 42.5 Å². The summed E-state index contributed by atoms with van der Waals surface area (Å²) in [5.74, 6) is 0. The maximum atomic E-state index is 10.8. The molecule has 0 aliphatic carbocycles. The number of nitriles is 1. The first-order valence-corrected chi connectivity index (χ1v) is 8.52. The van der Waals surface area contributed by atoms with E-state index < -0.39 is 6.23 Å². The number of hydrogen-bond acceptors (Lipinski definition) is 6. The molecule has 0 fully saturated rings. The van der Waals surface area contributed by atoms with Crippen LogP contribution in [0.1, 0.15) is 36.1 Å². The lowest BCUT2D eigenvalue weighted by molar-refractivity contribution is 0.0395. The summed E-state index contributed by atoms with van der Waals surface area (Å²) in [6.45, 7) is 2.47. The first-order chi connectivity index (χ1) is 11.7. The lowest BCUT2D eigenvalue weighted by atomic mass is 10.1. The van der Waals surface area contributed by atoms with Crippen molar-refractivity contribution in [3.05, 3.63) is 59.2 Å². The number of ether oxygens (including phenoxy) is 1. The molecule has 24 heavy (non-hydrogen) atoms. The van der Waals surface area contributed by atoms with Crippen molar-refractivity contribution >= 4 is 26.7 Å². The van der Waals surface area contributed by atoms with E-state index in [1.54, 1.807) is 11.0 Å². The highest BCUT2D eigenvalue weighted by atomic mass is 32.1. The van der Waals surface area contributed by atoms with Gasteiger partial charge in [-0.3, -0.25) is 4.90 Å². The Hall–Kier alpha value is -2.46. The third kappa shape index (κ3) is 2.26. The van der Waals surface area contributed by atoms with Crippen LogP contribution in [0.3, 0.4) is 0 Å². The van der Waals surface area contributed by atoms with Crippen LogP contribution >= 0.6 is 11.3 Å². The molecule has 2 aromatic carbocycles. The number of nitrogens with zero attached hydrogens (tertiary/aromatic N) is 3. The van der Waals surface area contributed by atoms with E-state index >= 15 is 0 Å². The third-order valence-corrected chi connectivity index (χ3v) is 5.14. The quantitative estimate of drug-likeness (QED) is 0.789. The summed E-state index contributed by atoms with van der Waals surface area (Å²) in [5.41, 5.74) is 3.22. The zero-order valence-electron chi connectivity index (χ0n) is 13.0. The Labute approximate surface area is 143 Å². The van der Waals surface area contributed by atoms with Crippen LogP contribution in [0.5, 0.6) is 0 Å². The normalized spacial score (nSPS) is 19.5. The summed E-state index contributed by atoms with van der Waals surface area (Å²) in [6.07, 6.45) is -1.16. The van der Waals surface area contributed by atoms with E-state index in [1.165, 1.54) is 11.3 Å². The van der Waals surface area contributed by atoms with Crippen LogP contribution in [0.4, 0.5) is 5.13 Å². The molecule has 5 nitrogen and oxygen atoms in total. The predicted octanol–water partition coefficient (Wildman–Crippen LogP) is 3.71. The number of fused-ring (bicyclic) bond motifs is 2. The first-order valence-electron chi connectivity index (χ1n) is 7.70. The molecule has 2 heterocycles. The molecule has 2 unspecified atom stereocenters. The molecule has 1 aromatic heterocycles. The van der Waals surface area contributed by atoms with Gasteiger partial charge < -0.3 is 9.84 Å². The van der Waals surface area contributed by atoms with Crippen LogP contribution in [0.25, 0.3) is 10.2 Å². The van der Waals surface area contributed by atoms with Crippen molar-refractivity contribution in [2.75, 3.05) is 11.5 Å². The summed E-state index contributed by atoms with van der Waals surface area (Å²) < 4.78 is 6.81. The molecule has 0 saturated heterocycles. The molecule has 120 valence electrons. The van der Waals surface area contributed by atoms with E-state index in [4.69, 9.17) is 10.00 Å². The van der Waals surface area contributed by atoms with Crippen molar-refractivity contribution in [2.45, 2.75) is 19.4 Å². The minimum Gasteiger partial charge on any atom is -0.369 e. The Bertz CT molecular complexity index is 947. The van der Waals surface area contributed by atoms with Gasteiger partial charge in [-0.15, -0.1) is 0 Å². The molecule has 6 heteroatoms. The van der Waals surface area contributed by atoms with E-state index in [9.17, 15) is 5.11 Å². The van der Waals surface area contributed by atoms with Crippen molar-refractivity contribution in [2.24, 2.45) is 0 Å². The second kappa shape index (κ2) is 5.87. The van der Waals surface area contributed by atoms with Crippen LogP contribution in [0, 0.1) is 11.3 Å². The largest absolute Gasteiger partial charge is 0.369 e. The number of aliphatic hydroxyl groups excluding tert-OH is 1. The second-order valence-electron chi connectivity index (χ2n) is 5.51. The van der Waals surface area contributed by atoms with Gasteiger partial charge in [-0.1, -0.05) is 35.6 Å². The van der Waals surface area contributed by atoms with Crippen molar-refractivity contribution < 1.29 is 9.84 Å². The Kier molecular flexibility index (Phi) is 3.69. The fourth-order valence-electron chi connectivity index (χ4n) is 3.02.